The molecule has 0 radical (unpaired) electrons. The highest BCUT2D eigenvalue weighted by molar-refractivity contribution is 7.89. The highest BCUT2D eigenvalue weighted by Gasteiger charge is 2.21. The van der Waals surface area contributed by atoms with Crippen molar-refractivity contribution in [2.24, 2.45) is 0 Å². The molecule has 1 aliphatic rings. The van der Waals surface area contributed by atoms with Gasteiger partial charge in [-0.25, -0.2) is 13.1 Å². The van der Waals surface area contributed by atoms with Gasteiger partial charge in [0.2, 0.25) is 10.0 Å². The molecule has 4 nitrogen and oxygen atoms in total. The molecule has 1 fully saturated rings. The van der Waals surface area contributed by atoms with Crippen molar-refractivity contribution in [2.75, 3.05) is 13.1 Å². The largest absolute Gasteiger partial charge is 0.317 e. The van der Waals surface area contributed by atoms with Crippen LogP contribution in [0.5, 0.6) is 0 Å². The third-order valence-electron chi connectivity index (χ3n) is 4.27. The maximum absolute atomic E-state index is 12.4. The Balaban J connectivity index is 2.08. The van der Waals surface area contributed by atoms with Gasteiger partial charge in [-0.15, -0.1) is 0 Å². The summed E-state index contributed by atoms with van der Waals surface area (Å²) >= 11 is 0. The molecule has 2 N–H and O–H groups in total. The lowest BCUT2D eigenvalue weighted by atomic mass is 9.99. The van der Waals surface area contributed by atoms with E-state index in [1.807, 2.05) is 12.1 Å². The summed E-state index contributed by atoms with van der Waals surface area (Å²) in [5.74, 6) is 0.461. The SMILES string of the molecule is CCC(C)c1ccc(S(=O)(=O)NC2CCCNCC2)cc1. The molecule has 5 heteroatoms. The van der Waals surface area contributed by atoms with Crippen LogP contribution >= 0.6 is 0 Å². The summed E-state index contributed by atoms with van der Waals surface area (Å²) in [5.41, 5.74) is 1.19. The molecule has 0 saturated carbocycles. The van der Waals surface area contributed by atoms with Gasteiger partial charge in [0.15, 0.2) is 0 Å². The summed E-state index contributed by atoms with van der Waals surface area (Å²) in [6.45, 7) is 6.14. The zero-order chi connectivity index (χ0) is 15.3. The Morgan fingerprint density at radius 3 is 2.62 bits per heavy atom. The summed E-state index contributed by atoms with van der Waals surface area (Å²) in [7, 11) is -3.40. The predicted molar refractivity (Wildman–Crippen MR) is 86.0 cm³/mol. The minimum Gasteiger partial charge on any atom is -0.317 e. The molecule has 2 unspecified atom stereocenters. The van der Waals surface area contributed by atoms with Crippen LogP contribution in [0.4, 0.5) is 0 Å². The highest BCUT2D eigenvalue weighted by Crippen LogP contribution is 2.21. The van der Waals surface area contributed by atoms with Gasteiger partial charge >= 0.3 is 0 Å². The van der Waals surface area contributed by atoms with Gasteiger partial charge in [0.25, 0.3) is 0 Å². The monoisotopic (exact) mass is 310 g/mol. The van der Waals surface area contributed by atoms with Gasteiger partial charge in [0.05, 0.1) is 4.90 Å². The van der Waals surface area contributed by atoms with Gasteiger partial charge in [0, 0.05) is 6.04 Å². The molecule has 0 amide bonds. The fourth-order valence-electron chi connectivity index (χ4n) is 2.64. The second kappa shape index (κ2) is 7.38. The van der Waals surface area contributed by atoms with Gasteiger partial charge in [0.1, 0.15) is 0 Å². The van der Waals surface area contributed by atoms with Crippen LogP contribution in [0.1, 0.15) is 51.0 Å². The van der Waals surface area contributed by atoms with E-state index >= 15 is 0 Å². The highest BCUT2D eigenvalue weighted by atomic mass is 32.2. The lowest BCUT2D eigenvalue weighted by Crippen LogP contribution is -2.35. The van der Waals surface area contributed by atoms with Crippen molar-refractivity contribution in [3.8, 4) is 0 Å². The molecule has 1 aromatic rings. The Bertz CT molecular complexity index is 532. The molecular weight excluding hydrogens is 284 g/mol. The minimum atomic E-state index is -3.40. The number of benzene rings is 1. The first-order valence-corrected chi connectivity index (χ1v) is 9.34. The van der Waals surface area contributed by atoms with E-state index in [0.717, 1.165) is 38.8 Å². The number of sulfonamides is 1. The molecule has 21 heavy (non-hydrogen) atoms. The molecule has 0 spiro atoms. The maximum atomic E-state index is 12.4. The molecule has 2 atom stereocenters. The normalized spacial score (nSPS) is 21.7. The van der Waals surface area contributed by atoms with Crippen molar-refractivity contribution in [3.05, 3.63) is 29.8 Å². The van der Waals surface area contributed by atoms with Gasteiger partial charge in [-0.05, 0) is 62.4 Å². The van der Waals surface area contributed by atoms with Crippen molar-refractivity contribution in [1.82, 2.24) is 10.0 Å². The Labute approximate surface area is 128 Å². The van der Waals surface area contributed by atoms with Crippen molar-refractivity contribution in [1.29, 1.82) is 0 Å². The molecule has 0 aliphatic carbocycles. The summed E-state index contributed by atoms with van der Waals surface area (Å²) in [5, 5.41) is 3.29. The molecule has 1 heterocycles. The quantitative estimate of drug-likeness (QED) is 0.879. The number of hydrogen-bond donors (Lipinski definition) is 2. The zero-order valence-corrected chi connectivity index (χ0v) is 13.7. The van der Waals surface area contributed by atoms with E-state index in [0.29, 0.717) is 10.8 Å². The number of nitrogens with one attached hydrogen (secondary N) is 2. The van der Waals surface area contributed by atoms with Crippen LogP contribution in [-0.4, -0.2) is 27.5 Å². The van der Waals surface area contributed by atoms with E-state index in [1.54, 1.807) is 12.1 Å². The Morgan fingerprint density at radius 2 is 1.95 bits per heavy atom. The van der Waals surface area contributed by atoms with E-state index in [1.165, 1.54) is 5.56 Å². The topological polar surface area (TPSA) is 58.2 Å². The first-order valence-electron chi connectivity index (χ1n) is 7.86. The molecule has 1 aromatic carbocycles. The fourth-order valence-corrected chi connectivity index (χ4v) is 3.94. The predicted octanol–water partition coefficient (Wildman–Crippen LogP) is 2.62. The Morgan fingerprint density at radius 1 is 1.24 bits per heavy atom. The average Bonchev–Trinajstić information content (AvgIpc) is 2.74. The average molecular weight is 310 g/mol. The van der Waals surface area contributed by atoms with Gasteiger partial charge in [-0.2, -0.15) is 0 Å². The molecule has 2 rings (SSSR count). The molecule has 0 bridgehead atoms. The first-order chi connectivity index (χ1) is 10.0. The minimum absolute atomic E-state index is 0.0410. The van der Waals surface area contributed by atoms with Crippen LogP contribution in [0.25, 0.3) is 0 Å². The summed E-state index contributed by atoms with van der Waals surface area (Å²) < 4.78 is 27.7. The molecule has 1 aliphatic heterocycles. The fraction of sp³-hybridized carbons (Fsp3) is 0.625. The Hall–Kier alpha value is -0.910. The third kappa shape index (κ3) is 4.53. The smallest absolute Gasteiger partial charge is 0.240 e. The van der Waals surface area contributed by atoms with Crippen molar-refractivity contribution in [2.45, 2.75) is 56.4 Å². The van der Waals surface area contributed by atoms with E-state index in [9.17, 15) is 8.42 Å². The third-order valence-corrected chi connectivity index (χ3v) is 5.81. The molecular formula is C16H26N2O2S. The lowest BCUT2D eigenvalue weighted by molar-refractivity contribution is 0.518. The van der Waals surface area contributed by atoms with Crippen molar-refractivity contribution >= 4 is 10.0 Å². The second-order valence-corrected chi connectivity index (χ2v) is 7.59. The van der Waals surface area contributed by atoms with Crippen LogP contribution in [0, 0.1) is 0 Å². The van der Waals surface area contributed by atoms with Crippen molar-refractivity contribution < 1.29 is 8.42 Å². The van der Waals surface area contributed by atoms with Crippen LogP contribution in [0.15, 0.2) is 29.2 Å². The second-order valence-electron chi connectivity index (χ2n) is 5.88. The van der Waals surface area contributed by atoms with Gasteiger partial charge in [-0.3, -0.25) is 0 Å². The summed E-state index contributed by atoms with van der Waals surface area (Å²) in [4.78, 5) is 0.367. The molecule has 118 valence electrons. The van der Waals surface area contributed by atoms with Gasteiger partial charge in [-0.1, -0.05) is 26.0 Å². The van der Waals surface area contributed by atoms with Crippen LogP contribution in [-0.2, 0) is 10.0 Å². The number of rotatable bonds is 5. The first kappa shape index (κ1) is 16.5. The van der Waals surface area contributed by atoms with Gasteiger partial charge < -0.3 is 5.32 Å². The molecule has 1 saturated heterocycles. The van der Waals surface area contributed by atoms with Crippen LogP contribution < -0.4 is 10.0 Å². The maximum Gasteiger partial charge on any atom is 0.240 e. The molecule has 0 aromatic heterocycles. The summed E-state index contributed by atoms with van der Waals surface area (Å²) in [6.07, 6.45) is 3.82. The summed E-state index contributed by atoms with van der Waals surface area (Å²) in [6, 6.07) is 7.34. The van der Waals surface area contributed by atoms with E-state index < -0.39 is 10.0 Å². The lowest BCUT2D eigenvalue weighted by Gasteiger charge is -2.16. The van der Waals surface area contributed by atoms with E-state index in [-0.39, 0.29) is 6.04 Å². The Kier molecular flexibility index (Phi) is 5.79. The van der Waals surface area contributed by atoms with Crippen molar-refractivity contribution in [3.63, 3.8) is 0 Å². The van der Waals surface area contributed by atoms with Crippen LogP contribution in [0.2, 0.25) is 0 Å². The van der Waals surface area contributed by atoms with Crippen LogP contribution in [0.3, 0.4) is 0 Å². The van der Waals surface area contributed by atoms with E-state index in [2.05, 4.69) is 23.9 Å². The number of hydrogen-bond acceptors (Lipinski definition) is 3. The standard InChI is InChI=1S/C16H26N2O2S/c1-3-13(2)14-6-8-16(9-7-14)21(19,20)18-15-5-4-11-17-12-10-15/h6-9,13,15,17-18H,3-5,10-12H2,1-2H3. The zero-order valence-electron chi connectivity index (χ0n) is 12.9. The van der Waals surface area contributed by atoms with E-state index in [4.69, 9.17) is 0 Å².